The third-order valence-corrected chi connectivity index (χ3v) is 4.03. The number of hydrogen-bond donors (Lipinski definition) is 2. The molecule has 1 aliphatic rings. The van der Waals surface area contributed by atoms with Crippen LogP contribution < -0.4 is 10.6 Å². The van der Waals surface area contributed by atoms with Crippen molar-refractivity contribution < 1.29 is 4.79 Å². The third kappa shape index (κ3) is 4.17. The summed E-state index contributed by atoms with van der Waals surface area (Å²) in [6.07, 6.45) is 0.949. The summed E-state index contributed by atoms with van der Waals surface area (Å²) in [6.45, 7) is 8.65. The molecule has 21 heavy (non-hydrogen) atoms. The molecule has 1 unspecified atom stereocenters. The van der Waals surface area contributed by atoms with E-state index < -0.39 is 0 Å². The fraction of sp³-hybridized carbons (Fsp3) is 0.500. The Morgan fingerprint density at radius 1 is 1.43 bits per heavy atom. The Labute approximate surface area is 131 Å². The number of carbonyl (C=O) groups excluding carboxylic acids is 1. The Morgan fingerprint density at radius 3 is 2.62 bits per heavy atom. The van der Waals surface area contributed by atoms with Crippen molar-refractivity contribution in [3.63, 3.8) is 0 Å². The van der Waals surface area contributed by atoms with E-state index in [9.17, 15) is 4.79 Å². The van der Waals surface area contributed by atoms with Crippen LogP contribution in [0.25, 0.3) is 0 Å². The Hall–Kier alpha value is -1.62. The molecule has 2 rings (SSSR count). The molecule has 0 aliphatic carbocycles. The zero-order chi connectivity index (χ0) is 15.6. The van der Waals surface area contributed by atoms with E-state index in [1.807, 2.05) is 36.1 Å². The summed E-state index contributed by atoms with van der Waals surface area (Å²) in [5.41, 5.74) is 1.97. The van der Waals surface area contributed by atoms with Crippen molar-refractivity contribution in [2.75, 3.05) is 11.9 Å². The average molecular weight is 305 g/mol. The SMILES string of the molecule is Cc1ccc(NC(=O)CN2C(=S)NC(C)(C)CC2C)cc1. The molecule has 1 atom stereocenters. The van der Waals surface area contributed by atoms with Crippen molar-refractivity contribution in [1.82, 2.24) is 10.2 Å². The first-order chi connectivity index (χ1) is 9.77. The van der Waals surface area contributed by atoms with Gasteiger partial charge in [0, 0.05) is 17.3 Å². The molecule has 1 aliphatic heterocycles. The average Bonchev–Trinajstić information content (AvgIpc) is 2.36. The van der Waals surface area contributed by atoms with Crippen LogP contribution in [-0.4, -0.2) is 34.0 Å². The minimum Gasteiger partial charge on any atom is -0.358 e. The summed E-state index contributed by atoms with van der Waals surface area (Å²) in [7, 11) is 0. The molecule has 2 N–H and O–H groups in total. The minimum absolute atomic E-state index is 0.0135. The molecule has 0 aromatic heterocycles. The van der Waals surface area contributed by atoms with E-state index >= 15 is 0 Å². The van der Waals surface area contributed by atoms with Gasteiger partial charge in [-0.05, 0) is 58.5 Å². The lowest BCUT2D eigenvalue weighted by atomic mass is 9.93. The zero-order valence-corrected chi connectivity index (χ0v) is 13.9. The molecule has 1 fully saturated rings. The minimum atomic E-state index is -0.0467. The molecule has 0 radical (unpaired) electrons. The zero-order valence-electron chi connectivity index (χ0n) is 13.1. The van der Waals surface area contributed by atoms with Crippen LogP contribution in [0.2, 0.25) is 0 Å². The molecule has 5 heteroatoms. The number of amides is 1. The van der Waals surface area contributed by atoms with Gasteiger partial charge in [-0.25, -0.2) is 0 Å². The van der Waals surface area contributed by atoms with Gasteiger partial charge in [0.2, 0.25) is 5.91 Å². The summed E-state index contributed by atoms with van der Waals surface area (Å²) >= 11 is 5.39. The normalized spacial score (nSPS) is 20.9. The Morgan fingerprint density at radius 2 is 2.05 bits per heavy atom. The number of anilines is 1. The number of thiocarbonyl (C=S) groups is 1. The largest absolute Gasteiger partial charge is 0.358 e. The Kier molecular flexibility index (Phi) is 4.52. The van der Waals surface area contributed by atoms with Crippen LogP contribution in [-0.2, 0) is 4.79 Å². The van der Waals surface area contributed by atoms with Crippen LogP contribution in [0.15, 0.2) is 24.3 Å². The molecule has 114 valence electrons. The van der Waals surface area contributed by atoms with E-state index in [2.05, 4.69) is 31.4 Å². The molecule has 1 heterocycles. The lowest BCUT2D eigenvalue weighted by Crippen LogP contribution is -2.61. The molecule has 1 aromatic rings. The van der Waals surface area contributed by atoms with Gasteiger partial charge < -0.3 is 15.5 Å². The van der Waals surface area contributed by atoms with Gasteiger partial charge in [0.15, 0.2) is 5.11 Å². The summed E-state index contributed by atoms with van der Waals surface area (Å²) in [6, 6.07) is 8.03. The maximum atomic E-state index is 12.2. The molecule has 0 saturated carbocycles. The van der Waals surface area contributed by atoms with E-state index in [1.165, 1.54) is 5.56 Å². The summed E-state index contributed by atoms with van der Waals surface area (Å²) in [5.74, 6) is -0.0467. The van der Waals surface area contributed by atoms with Crippen molar-refractivity contribution in [2.24, 2.45) is 0 Å². The van der Waals surface area contributed by atoms with Gasteiger partial charge in [-0.1, -0.05) is 17.7 Å². The number of hydrogen-bond acceptors (Lipinski definition) is 2. The van der Waals surface area contributed by atoms with E-state index in [1.54, 1.807) is 0 Å². The molecule has 1 amide bonds. The fourth-order valence-electron chi connectivity index (χ4n) is 2.68. The van der Waals surface area contributed by atoms with E-state index in [0.717, 1.165) is 12.1 Å². The maximum absolute atomic E-state index is 12.2. The highest BCUT2D eigenvalue weighted by atomic mass is 32.1. The maximum Gasteiger partial charge on any atom is 0.243 e. The topological polar surface area (TPSA) is 44.4 Å². The Balaban J connectivity index is 1.96. The highest BCUT2D eigenvalue weighted by Gasteiger charge is 2.33. The van der Waals surface area contributed by atoms with Crippen molar-refractivity contribution in [3.05, 3.63) is 29.8 Å². The predicted molar refractivity (Wildman–Crippen MR) is 90.4 cm³/mol. The van der Waals surface area contributed by atoms with Gasteiger partial charge in [-0.2, -0.15) is 0 Å². The number of rotatable bonds is 3. The first-order valence-corrected chi connectivity index (χ1v) is 7.63. The molecule has 0 bridgehead atoms. The molecular weight excluding hydrogens is 282 g/mol. The van der Waals surface area contributed by atoms with Crippen molar-refractivity contribution >= 4 is 28.9 Å². The van der Waals surface area contributed by atoms with Crippen LogP contribution >= 0.6 is 12.2 Å². The second kappa shape index (κ2) is 6.02. The number of nitrogens with one attached hydrogen (secondary N) is 2. The van der Waals surface area contributed by atoms with E-state index in [4.69, 9.17) is 12.2 Å². The quantitative estimate of drug-likeness (QED) is 0.843. The van der Waals surface area contributed by atoms with Gasteiger partial charge >= 0.3 is 0 Å². The van der Waals surface area contributed by atoms with Gasteiger partial charge in [-0.3, -0.25) is 4.79 Å². The number of aryl methyl sites for hydroxylation is 1. The predicted octanol–water partition coefficient (Wildman–Crippen LogP) is 2.68. The number of nitrogens with zero attached hydrogens (tertiary/aromatic N) is 1. The van der Waals surface area contributed by atoms with Gasteiger partial charge in [0.1, 0.15) is 0 Å². The summed E-state index contributed by atoms with van der Waals surface area (Å²) < 4.78 is 0. The first-order valence-electron chi connectivity index (χ1n) is 7.22. The fourth-order valence-corrected chi connectivity index (χ4v) is 3.20. The monoisotopic (exact) mass is 305 g/mol. The lowest BCUT2D eigenvalue weighted by Gasteiger charge is -2.44. The smallest absolute Gasteiger partial charge is 0.243 e. The molecule has 0 spiro atoms. The van der Waals surface area contributed by atoms with Crippen molar-refractivity contribution in [1.29, 1.82) is 0 Å². The summed E-state index contributed by atoms with van der Waals surface area (Å²) in [4.78, 5) is 14.1. The first kappa shape index (κ1) is 15.8. The molecule has 1 aromatic carbocycles. The molecular formula is C16H23N3OS. The van der Waals surface area contributed by atoms with Gasteiger partial charge in [0.05, 0.1) is 6.54 Å². The van der Waals surface area contributed by atoms with Gasteiger partial charge in [0.25, 0.3) is 0 Å². The van der Waals surface area contributed by atoms with E-state index in [-0.39, 0.29) is 24.0 Å². The number of benzene rings is 1. The van der Waals surface area contributed by atoms with Crippen LogP contribution in [0.3, 0.4) is 0 Å². The van der Waals surface area contributed by atoms with Crippen LogP contribution in [0.5, 0.6) is 0 Å². The van der Waals surface area contributed by atoms with Crippen molar-refractivity contribution in [2.45, 2.75) is 45.7 Å². The highest BCUT2D eigenvalue weighted by molar-refractivity contribution is 7.80. The van der Waals surface area contributed by atoms with Crippen LogP contribution in [0.4, 0.5) is 5.69 Å². The third-order valence-electron chi connectivity index (χ3n) is 3.69. The number of carbonyl (C=O) groups is 1. The standard InChI is InChI=1S/C16H23N3OS/c1-11-5-7-13(8-6-11)17-14(20)10-19-12(2)9-16(3,4)18-15(19)21/h5-8,12H,9-10H2,1-4H3,(H,17,20)(H,18,21). The second-order valence-electron chi connectivity index (χ2n) is 6.41. The van der Waals surface area contributed by atoms with Crippen LogP contribution in [0, 0.1) is 6.92 Å². The second-order valence-corrected chi connectivity index (χ2v) is 6.80. The van der Waals surface area contributed by atoms with Crippen molar-refractivity contribution in [3.8, 4) is 0 Å². The highest BCUT2D eigenvalue weighted by Crippen LogP contribution is 2.21. The molecule has 4 nitrogen and oxygen atoms in total. The van der Waals surface area contributed by atoms with Crippen LogP contribution in [0.1, 0.15) is 32.8 Å². The summed E-state index contributed by atoms with van der Waals surface area (Å²) in [5, 5.41) is 6.85. The molecule has 1 saturated heterocycles. The van der Waals surface area contributed by atoms with E-state index in [0.29, 0.717) is 5.11 Å². The van der Waals surface area contributed by atoms with Gasteiger partial charge in [-0.15, -0.1) is 0 Å². The Bertz CT molecular complexity index is 539. The lowest BCUT2D eigenvalue weighted by molar-refractivity contribution is -0.117.